The van der Waals surface area contributed by atoms with Crippen LogP contribution in [-0.4, -0.2) is 9.97 Å². The van der Waals surface area contributed by atoms with E-state index < -0.39 is 23.6 Å². The van der Waals surface area contributed by atoms with Gasteiger partial charge in [-0.05, 0) is 23.8 Å². The Kier molecular flexibility index (Phi) is 3.48. The van der Waals surface area contributed by atoms with Gasteiger partial charge in [0.2, 0.25) is 0 Å². The Labute approximate surface area is 106 Å². The summed E-state index contributed by atoms with van der Waals surface area (Å²) in [6.45, 7) is 0. The third kappa shape index (κ3) is 2.87. The summed E-state index contributed by atoms with van der Waals surface area (Å²) in [4.78, 5) is 7.75. The smallest absolute Gasteiger partial charge is 0.318 e. The Bertz CT molecular complexity index is 569. The molecule has 0 spiro atoms. The van der Waals surface area contributed by atoms with Gasteiger partial charge in [-0.3, -0.25) is 0 Å². The third-order valence-electron chi connectivity index (χ3n) is 2.52. The molecule has 100 valence electrons. The van der Waals surface area contributed by atoms with Crippen molar-refractivity contribution in [1.82, 2.24) is 9.97 Å². The molecule has 2 aromatic rings. The Morgan fingerprint density at radius 2 is 1.74 bits per heavy atom. The largest absolute Gasteiger partial charge is 0.419 e. The van der Waals surface area contributed by atoms with Crippen LogP contribution in [0.1, 0.15) is 23.0 Å². The molecule has 0 aliphatic heterocycles. The van der Waals surface area contributed by atoms with E-state index in [1.165, 1.54) is 12.4 Å². The van der Waals surface area contributed by atoms with Crippen LogP contribution in [0.2, 0.25) is 0 Å². The topological polar surface area (TPSA) is 51.8 Å². The molecule has 19 heavy (non-hydrogen) atoms. The van der Waals surface area contributed by atoms with Gasteiger partial charge in [0.1, 0.15) is 11.6 Å². The molecule has 1 heterocycles. The predicted molar refractivity (Wildman–Crippen MR) is 59.5 cm³/mol. The van der Waals surface area contributed by atoms with Crippen molar-refractivity contribution in [2.45, 2.75) is 12.2 Å². The summed E-state index contributed by atoms with van der Waals surface area (Å²) in [6, 6.07) is 3.23. The fraction of sp³-hybridized carbons (Fsp3) is 0.167. The molecule has 0 bridgehead atoms. The molecule has 2 N–H and O–H groups in total. The number of alkyl halides is 3. The van der Waals surface area contributed by atoms with Gasteiger partial charge in [0, 0.05) is 12.4 Å². The number of benzene rings is 1. The maximum atomic E-state index is 13.4. The molecule has 2 rings (SSSR count). The van der Waals surface area contributed by atoms with Crippen LogP contribution < -0.4 is 5.73 Å². The van der Waals surface area contributed by atoms with E-state index in [1.54, 1.807) is 6.07 Å². The maximum Gasteiger partial charge on any atom is 0.419 e. The van der Waals surface area contributed by atoms with Crippen molar-refractivity contribution in [1.29, 1.82) is 0 Å². The Balaban J connectivity index is 2.35. The second kappa shape index (κ2) is 4.93. The molecule has 0 fully saturated rings. The normalized spacial score (nSPS) is 13.3. The summed E-state index contributed by atoms with van der Waals surface area (Å²) in [7, 11) is 0. The highest BCUT2D eigenvalue weighted by molar-refractivity contribution is 5.31. The van der Waals surface area contributed by atoms with Gasteiger partial charge in [0.15, 0.2) is 0 Å². The molecule has 0 saturated heterocycles. The van der Waals surface area contributed by atoms with Gasteiger partial charge in [-0.1, -0.05) is 6.07 Å². The second-order valence-corrected chi connectivity index (χ2v) is 3.82. The predicted octanol–water partition coefficient (Wildman–Crippen LogP) is 2.68. The van der Waals surface area contributed by atoms with Gasteiger partial charge < -0.3 is 5.73 Å². The molecule has 1 aromatic carbocycles. The van der Waals surface area contributed by atoms with E-state index in [2.05, 4.69) is 9.97 Å². The average Bonchev–Trinajstić information content (AvgIpc) is 2.37. The van der Waals surface area contributed by atoms with Gasteiger partial charge in [-0.2, -0.15) is 13.2 Å². The number of aromatic nitrogens is 2. The number of hydrogen-bond acceptors (Lipinski definition) is 3. The highest BCUT2D eigenvalue weighted by atomic mass is 19.4. The average molecular weight is 271 g/mol. The lowest BCUT2D eigenvalue weighted by molar-refractivity contribution is -0.140. The van der Waals surface area contributed by atoms with E-state index in [1.807, 2.05) is 0 Å². The Morgan fingerprint density at radius 1 is 1.11 bits per heavy atom. The summed E-state index contributed by atoms with van der Waals surface area (Å²) < 4.78 is 50.6. The van der Waals surface area contributed by atoms with Gasteiger partial charge in [-0.25, -0.2) is 14.4 Å². The van der Waals surface area contributed by atoms with Crippen LogP contribution in [0, 0.1) is 5.82 Å². The molecule has 0 aliphatic carbocycles. The summed E-state index contributed by atoms with van der Waals surface area (Å²) in [5.74, 6) is -1.15. The molecular weight excluding hydrogens is 262 g/mol. The molecule has 0 amide bonds. The van der Waals surface area contributed by atoms with Gasteiger partial charge in [-0.15, -0.1) is 0 Å². The molecule has 1 atom stereocenters. The molecule has 0 unspecified atom stereocenters. The Morgan fingerprint density at radius 3 is 2.26 bits per heavy atom. The zero-order valence-electron chi connectivity index (χ0n) is 9.53. The highest BCUT2D eigenvalue weighted by Gasteiger charge is 2.34. The fourth-order valence-electron chi connectivity index (χ4n) is 1.57. The first-order valence-corrected chi connectivity index (χ1v) is 5.28. The van der Waals surface area contributed by atoms with Crippen LogP contribution in [0.15, 0.2) is 36.7 Å². The summed E-state index contributed by atoms with van der Waals surface area (Å²) in [5, 5.41) is 0. The van der Waals surface area contributed by atoms with Crippen molar-refractivity contribution in [3.8, 4) is 0 Å². The van der Waals surface area contributed by atoms with Crippen LogP contribution in [0.3, 0.4) is 0 Å². The fourth-order valence-corrected chi connectivity index (χ4v) is 1.57. The lowest BCUT2D eigenvalue weighted by Gasteiger charge is -2.13. The van der Waals surface area contributed by atoms with Crippen molar-refractivity contribution < 1.29 is 17.6 Å². The van der Waals surface area contributed by atoms with Gasteiger partial charge in [0.25, 0.3) is 0 Å². The minimum absolute atomic E-state index is 0.178. The first kappa shape index (κ1) is 13.4. The highest BCUT2D eigenvalue weighted by Crippen LogP contribution is 2.32. The second-order valence-electron chi connectivity index (χ2n) is 3.82. The molecule has 7 heteroatoms. The standard InChI is InChI=1S/C12H9F4N3/c13-9-6-7(2-3-8(9)12(14,15)16)10(17)11-18-4-1-5-19-11/h1-6,10H,17H2/t10-/m0/s1. The Hall–Kier alpha value is -2.02. The van der Waals surface area contributed by atoms with E-state index in [0.717, 1.165) is 12.1 Å². The molecule has 0 radical (unpaired) electrons. The van der Waals surface area contributed by atoms with Crippen molar-refractivity contribution in [2.24, 2.45) is 5.73 Å². The third-order valence-corrected chi connectivity index (χ3v) is 2.52. The van der Waals surface area contributed by atoms with Crippen molar-refractivity contribution in [3.63, 3.8) is 0 Å². The summed E-state index contributed by atoms with van der Waals surface area (Å²) in [5.41, 5.74) is 4.63. The number of halogens is 4. The van der Waals surface area contributed by atoms with Gasteiger partial charge in [0.05, 0.1) is 11.6 Å². The van der Waals surface area contributed by atoms with Crippen molar-refractivity contribution >= 4 is 0 Å². The molecule has 3 nitrogen and oxygen atoms in total. The zero-order chi connectivity index (χ0) is 14.0. The summed E-state index contributed by atoms with van der Waals surface area (Å²) >= 11 is 0. The first-order valence-electron chi connectivity index (χ1n) is 5.28. The number of nitrogens with zero attached hydrogens (tertiary/aromatic N) is 2. The number of rotatable bonds is 2. The lowest BCUT2D eigenvalue weighted by atomic mass is 10.0. The molecule has 1 aromatic heterocycles. The molecule has 0 aliphatic rings. The van der Waals surface area contributed by atoms with Crippen LogP contribution in [0.4, 0.5) is 17.6 Å². The van der Waals surface area contributed by atoms with Crippen LogP contribution in [-0.2, 0) is 6.18 Å². The minimum Gasteiger partial charge on any atom is -0.318 e. The molecular formula is C12H9F4N3. The zero-order valence-corrected chi connectivity index (χ0v) is 9.53. The number of hydrogen-bond donors (Lipinski definition) is 1. The number of nitrogens with two attached hydrogens (primary N) is 1. The van der Waals surface area contributed by atoms with E-state index in [9.17, 15) is 17.6 Å². The van der Waals surface area contributed by atoms with Crippen molar-refractivity contribution in [2.75, 3.05) is 0 Å². The maximum absolute atomic E-state index is 13.4. The van der Waals surface area contributed by atoms with Crippen LogP contribution in [0.5, 0.6) is 0 Å². The SMILES string of the molecule is N[C@@H](c1ccc(C(F)(F)F)c(F)c1)c1ncccn1. The summed E-state index contributed by atoms with van der Waals surface area (Å²) in [6.07, 6.45) is -1.83. The van der Waals surface area contributed by atoms with E-state index in [-0.39, 0.29) is 11.4 Å². The van der Waals surface area contributed by atoms with E-state index in [0.29, 0.717) is 6.07 Å². The quantitative estimate of drug-likeness (QED) is 0.854. The van der Waals surface area contributed by atoms with E-state index >= 15 is 0 Å². The minimum atomic E-state index is -4.73. The first-order chi connectivity index (χ1) is 8.89. The van der Waals surface area contributed by atoms with Crippen LogP contribution >= 0.6 is 0 Å². The van der Waals surface area contributed by atoms with Crippen LogP contribution in [0.25, 0.3) is 0 Å². The van der Waals surface area contributed by atoms with Crippen molar-refractivity contribution in [3.05, 3.63) is 59.4 Å². The molecule has 0 saturated carbocycles. The lowest BCUT2D eigenvalue weighted by Crippen LogP contribution is -2.16. The van der Waals surface area contributed by atoms with E-state index in [4.69, 9.17) is 5.73 Å². The monoisotopic (exact) mass is 271 g/mol. The van der Waals surface area contributed by atoms with Gasteiger partial charge >= 0.3 is 6.18 Å².